The minimum absolute atomic E-state index is 0.0240. The SMILES string of the molecule is Nc1nc(-c2nn(Cc3ccccc3F)c3ncccc23)nc2[nH]c(=O)c(=O)[nH]c12. The predicted molar refractivity (Wildman–Crippen MR) is 107 cm³/mol. The lowest BCUT2D eigenvalue weighted by Gasteiger charge is -2.04. The summed E-state index contributed by atoms with van der Waals surface area (Å²) in [5.74, 6) is -0.247. The molecule has 0 radical (unpaired) electrons. The Morgan fingerprint density at radius 3 is 2.67 bits per heavy atom. The minimum atomic E-state index is -0.858. The monoisotopic (exact) mass is 404 g/mol. The highest BCUT2D eigenvalue weighted by Crippen LogP contribution is 2.27. The zero-order valence-electron chi connectivity index (χ0n) is 15.3. The molecule has 0 aliphatic rings. The number of aromatic amines is 2. The number of halogens is 1. The molecular formula is C19H13FN8O2. The Hall–Kier alpha value is -4.41. The molecule has 0 unspecified atom stereocenters. The molecule has 0 fully saturated rings. The number of nitrogens with two attached hydrogens (primary N) is 1. The Morgan fingerprint density at radius 1 is 1.03 bits per heavy atom. The van der Waals surface area contributed by atoms with Crippen LogP contribution in [0.1, 0.15) is 5.56 Å². The number of hydrogen-bond acceptors (Lipinski definition) is 7. The van der Waals surface area contributed by atoms with Crippen molar-refractivity contribution >= 4 is 28.0 Å². The zero-order chi connectivity index (χ0) is 20.8. The van der Waals surface area contributed by atoms with Crippen LogP contribution in [-0.4, -0.2) is 34.7 Å². The third-order valence-corrected chi connectivity index (χ3v) is 4.61. The topological polar surface area (TPSA) is 148 Å². The van der Waals surface area contributed by atoms with Gasteiger partial charge in [0, 0.05) is 11.8 Å². The van der Waals surface area contributed by atoms with E-state index >= 15 is 0 Å². The quantitative estimate of drug-likeness (QED) is 0.382. The molecule has 30 heavy (non-hydrogen) atoms. The van der Waals surface area contributed by atoms with Gasteiger partial charge in [-0.05, 0) is 18.2 Å². The maximum atomic E-state index is 14.1. The Morgan fingerprint density at radius 2 is 1.83 bits per heavy atom. The van der Waals surface area contributed by atoms with Crippen LogP contribution in [0.5, 0.6) is 0 Å². The Bertz CT molecular complexity index is 1550. The maximum Gasteiger partial charge on any atom is 0.315 e. The second-order valence-electron chi connectivity index (χ2n) is 6.54. The lowest BCUT2D eigenvalue weighted by Crippen LogP contribution is -2.29. The number of nitrogen functional groups attached to an aromatic ring is 1. The molecule has 4 aromatic heterocycles. The van der Waals surface area contributed by atoms with Gasteiger partial charge in [0.15, 0.2) is 22.9 Å². The molecule has 5 rings (SSSR count). The van der Waals surface area contributed by atoms with Crippen molar-refractivity contribution in [2.75, 3.05) is 5.73 Å². The van der Waals surface area contributed by atoms with Crippen molar-refractivity contribution in [1.82, 2.24) is 34.7 Å². The van der Waals surface area contributed by atoms with E-state index in [1.165, 1.54) is 6.07 Å². The number of nitrogens with one attached hydrogen (secondary N) is 2. The van der Waals surface area contributed by atoms with Gasteiger partial charge >= 0.3 is 11.1 Å². The van der Waals surface area contributed by atoms with Crippen molar-refractivity contribution < 1.29 is 4.39 Å². The second-order valence-corrected chi connectivity index (χ2v) is 6.54. The largest absolute Gasteiger partial charge is 0.382 e. The Labute approximate surface area is 166 Å². The summed E-state index contributed by atoms with van der Waals surface area (Å²) in [5, 5.41) is 5.15. The van der Waals surface area contributed by atoms with E-state index in [9.17, 15) is 14.0 Å². The molecule has 5 aromatic rings. The van der Waals surface area contributed by atoms with Gasteiger partial charge in [-0.3, -0.25) is 9.59 Å². The highest BCUT2D eigenvalue weighted by Gasteiger charge is 2.18. The van der Waals surface area contributed by atoms with Crippen molar-refractivity contribution in [3.05, 3.63) is 74.7 Å². The van der Waals surface area contributed by atoms with E-state index in [1.807, 2.05) is 0 Å². The van der Waals surface area contributed by atoms with Gasteiger partial charge in [-0.1, -0.05) is 18.2 Å². The molecule has 0 atom stereocenters. The Balaban J connectivity index is 1.72. The molecule has 4 N–H and O–H groups in total. The molecular weight excluding hydrogens is 391 g/mol. The van der Waals surface area contributed by atoms with Crippen LogP contribution < -0.4 is 16.9 Å². The van der Waals surface area contributed by atoms with E-state index < -0.39 is 11.1 Å². The van der Waals surface area contributed by atoms with Crippen LogP contribution in [0.25, 0.3) is 33.7 Å². The van der Waals surface area contributed by atoms with Gasteiger partial charge in [-0.2, -0.15) is 5.10 Å². The van der Waals surface area contributed by atoms with Crippen LogP contribution in [0.3, 0.4) is 0 Å². The summed E-state index contributed by atoms with van der Waals surface area (Å²) in [6.45, 7) is 0.146. The number of fused-ring (bicyclic) bond motifs is 2. The smallest absolute Gasteiger partial charge is 0.315 e. The molecule has 4 heterocycles. The Kier molecular flexibility index (Phi) is 3.88. The van der Waals surface area contributed by atoms with Crippen LogP contribution >= 0.6 is 0 Å². The molecule has 11 heteroatoms. The number of anilines is 1. The number of H-pyrrole nitrogens is 2. The first-order valence-electron chi connectivity index (χ1n) is 8.86. The fraction of sp³-hybridized carbons (Fsp3) is 0.0526. The van der Waals surface area contributed by atoms with E-state index in [0.29, 0.717) is 22.3 Å². The summed E-state index contributed by atoms with van der Waals surface area (Å²) in [6.07, 6.45) is 1.60. The maximum absolute atomic E-state index is 14.1. The minimum Gasteiger partial charge on any atom is -0.382 e. The summed E-state index contributed by atoms with van der Waals surface area (Å²) in [7, 11) is 0. The summed E-state index contributed by atoms with van der Waals surface area (Å²) in [6, 6.07) is 9.90. The molecule has 0 saturated carbocycles. The molecule has 0 amide bonds. The fourth-order valence-electron chi connectivity index (χ4n) is 3.21. The normalized spacial score (nSPS) is 11.4. The van der Waals surface area contributed by atoms with E-state index in [4.69, 9.17) is 5.73 Å². The van der Waals surface area contributed by atoms with Crippen LogP contribution in [0, 0.1) is 5.82 Å². The van der Waals surface area contributed by atoms with Gasteiger partial charge in [0.25, 0.3) is 0 Å². The number of nitrogens with zero attached hydrogens (tertiary/aromatic N) is 5. The van der Waals surface area contributed by atoms with Crippen molar-refractivity contribution in [2.24, 2.45) is 0 Å². The van der Waals surface area contributed by atoms with E-state index in [2.05, 4.69) is 30.0 Å². The first-order valence-corrected chi connectivity index (χ1v) is 8.86. The standard InChI is InChI=1S/C19H13FN8O2/c20-11-6-2-1-4-9(11)8-28-17-10(5-3-7-22-17)12(27-28)15-24-14(21)13-16(25-15)26-19(30)18(29)23-13/h1-7H,8H2,(H,23,29)(H3,21,24,25,26,30). The van der Waals surface area contributed by atoms with Gasteiger partial charge in [-0.25, -0.2) is 24.0 Å². The number of benzene rings is 1. The molecule has 1 aromatic carbocycles. The van der Waals surface area contributed by atoms with E-state index in [1.54, 1.807) is 41.2 Å². The van der Waals surface area contributed by atoms with Crippen molar-refractivity contribution in [2.45, 2.75) is 6.54 Å². The third-order valence-electron chi connectivity index (χ3n) is 4.61. The van der Waals surface area contributed by atoms with E-state index in [-0.39, 0.29) is 35.2 Å². The first kappa shape index (κ1) is 17.7. The van der Waals surface area contributed by atoms with Crippen molar-refractivity contribution in [1.29, 1.82) is 0 Å². The highest BCUT2D eigenvalue weighted by molar-refractivity contribution is 5.91. The van der Waals surface area contributed by atoms with Crippen molar-refractivity contribution in [3.8, 4) is 11.5 Å². The molecule has 10 nitrogen and oxygen atoms in total. The predicted octanol–water partition coefficient (Wildman–Crippen LogP) is 1.19. The van der Waals surface area contributed by atoms with Gasteiger partial charge in [0.1, 0.15) is 17.0 Å². The first-order chi connectivity index (χ1) is 14.5. The van der Waals surface area contributed by atoms with Crippen LogP contribution in [0.2, 0.25) is 0 Å². The fourth-order valence-corrected chi connectivity index (χ4v) is 3.21. The number of hydrogen-bond donors (Lipinski definition) is 3. The number of rotatable bonds is 3. The molecule has 148 valence electrons. The third kappa shape index (κ3) is 2.80. The highest BCUT2D eigenvalue weighted by atomic mass is 19.1. The molecule has 0 bridgehead atoms. The number of pyridine rings is 1. The molecule has 0 aliphatic carbocycles. The second kappa shape index (κ2) is 6.58. The van der Waals surface area contributed by atoms with Gasteiger partial charge in [0.2, 0.25) is 0 Å². The molecule has 0 spiro atoms. The zero-order valence-corrected chi connectivity index (χ0v) is 15.3. The lowest BCUT2D eigenvalue weighted by molar-refractivity contribution is 0.589. The van der Waals surface area contributed by atoms with Gasteiger partial charge in [-0.15, -0.1) is 0 Å². The van der Waals surface area contributed by atoms with Crippen molar-refractivity contribution in [3.63, 3.8) is 0 Å². The molecule has 0 saturated heterocycles. The van der Waals surface area contributed by atoms with Gasteiger partial charge < -0.3 is 15.7 Å². The van der Waals surface area contributed by atoms with E-state index in [0.717, 1.165) is 0 Å². The molecule has 0 aliphatic heterocycles. The summed E-state index contributed by atoms with van der Waals surface area (Å²) in [5.41, 5.74) is 5.76. The van der Waals surface area contributed by atoms with Crippen LogP contribution in [-0.2, 0) is 6.54 Å². The summed E-state index contributed by atoms with van der Waals surface area (Å²) in [4.78, 5) is 40.8. The average molecular weight is 404 g/mol. The summed E-state index contributed by atoms with van der Waals surface area (Å²) >= 11 is 0. The number of aromatic nitrogens is 7. The average Bonchev–Trinajstić information content (AvgIpc) is 3.10. The van der Waals surface area contributed by atoms with Gasteiger partial charge in [0.05, 0.1) is 11.9 Å². The van der Waals surface area contributed by atoms with Crippen LogP contribution in [0.15, 0.2) is 52.2 Å². The lowest BCUT2D eigenvalue weighted by atomic mass is 10.2. The summed E-state index contributed by atoms with van der Waals surface area (Å²) < 4.78 is 15.7. The van der Waals surface area contributed by atoms with Crippen LogP contribution in [0.4, 0.5) is 10.2 Å².